The number of methoxy groups -OCH3 is 1. The predicted molar refractivity (Wildman–Crippen MR) is 90.7 cm³/mol. The van der Waals surface area contributed by atoms with Gasteiger partial charge >= 0.3 is 5.97 Å². The number of aliphatic carboxylic acids is 1. The van der Waals surface area contributed by atoms with Crippen LogP contribution >= 0.6 is 0 Å². The van der Waals surface area contributed by atoms with E-state index in [0.29, 0.717) is 18.6 Å². The van der Waals surface area contributed by atoms with Crippen LogP contribution in [0.4, 0.5) is 0 Å². The van der Waals surface area contributed by atoms with Crippen molar-refractivity contribution in [1.82, 2.24) is 5.32 Å². The van der Waals surface area contributed by atoms with E-state index in [2.05, 4.69) is 26.1 Å². The minimum absolute atomic E-state index is 0.0134. The first-order valence-electron chi connectivity index (χ1n) is 8.00. The number of hydrogen-bond donors (Lipinski definition) is 3. The lowest BCUT2D eigenvalue weighted by molar-refractivity contribution is -0.140. The molecule has 0 amide bonds. The first kappa shape index (κ1) is 19.5. The molecule has 0 saturated heterocycles. The van der Waals surface area contributed by atoms with Crippen LogP contribution in [0, 0.1) is 5.41 Å². The highest BCUT2D eigenvalue weighted by molar-refractivity contribution is 5.73. The molecule has 0 saturated carbocycles. The second-order valence-corrected chi connectivity index (χ2v) is 7.00. The first-order valence-corrected chi connectivity index (χ1v) is 8.00. The molecular formula is C18H29NO4. The molecule has 0 spiro atoms. The summed E-state index contributed by atoms with van der Waals surface area (Å²) in [6.45, 7) is 6.28. The summed E-state index contributed by atoms with van der Waals surface area (Å²) in [5, 5.41) is 22.0. The SMILES string of the molecule is COc1cccc(C(CCO)NC(CCC(C)(C)C)C(=O)O)c1. The average molecular weight is 323 g/mol. The van der Waals surface area contributed by atoms with Gasteiger partial charge in [0.25, 0.3) is 0 Å². The van der Waals surface area contributed by atoms with Gasteiger partial charge in [-0.25, -0.2) is 0 Å². The maximum atomic E-state index is 11.6. The summed E-state index contributed by atoms with van der Waals surface area (Å²) >= 11 is 0. The number of hydrogen-bond acceptors (Lipinski definition) is 4. The zero-order chi connectivity index (χ0) is 17.5. The van der Waals surface area contributed by atoms with Gasteiger partial charge in [-0.1, -0.05) is 32.9 Å². The summed E-state index contributed by atoms with van der Waals surface area (Å²) in [4.78, 5) is 11.6. The molecule has 23 heavy (non-hydrogen) atoms. The minimum atomic E-state index is -0.861. The fourth-order valence-electron chi connectivity index (χ4n) is 2.43. The lowest BCUT2D eigenvalue weighted by atomic mass is 9.88. The van der Waals surface area contributed by atoms with Crippen LogP contribution in [0.5, 0.6) is 5.75 Å². The number of carbonyl (C=O) groups is 1. The van der Waals surface area contributed by atoms with Crippen molar-refractivity contribution in [3.63, 3.8) is 0 Å². The number of carboxylic acids is 1. The number of aliphatic hydroxyl groups is 1. The smallest absolute Gasteiger partial charge is 0.320 e. The molecule has 1 rings (SSSR count). The Morgan fingerprint density at radius 2 is 2.00 bits per heavy atom. The Bertz CT molecular complexity index is 496. The van der Waals surface area contributed by atoms with Gasteiger partial charge in [-0.3, -0.25) is 10.1 Å². The van der Waals surface area contributed by atoms with Gasteiger partial charge in [0.05, 0.1) is 7.11 Å². The first-order chi connectivity index (χ1) is 10.8. The van der Waals surface area contributed by atoms with Crippen molar-refractivity contribution < 1.29 is 19.7 Å². The molecule has 0 heterocycles. The second kappa shape index (κ2) is 8.89. The molecule has 0 radical (unpaired) electrons. The zero-order valence-corrected chi connectivity index (χ0v) is 14.5. The van der Waals surface area contributed by atoms with E-state index in [1.54, 1.807) is 7.11 Å². The molecule has 1 aromatic rings. The third-order valence-electron chi connectivity index (χ3n) is 3.80. The summed E-state index contributed by atoms with van der Waals surface area (Å²) in [6.07, 6.45) is 1.80. The third-order valence-corrected chi connectivity index (χ3v) is 3.80. The van der Waals surface area contributed by atoms with E-state index in [4.69, 9.17) is 4.74 Å². The van der Waals surface area contributed by atoms with Gasteiger partial charge in [-0.15, -0.1) is 0 Å². The van der Waals surface area contributed by atoms with Gasteiger partial charge in [-0.2, -0.15) is 0 Å². The molecule has 0 aliphatic carbocycles. The molecule has 0 bridgehead atoms. The number of rotatable bonds is 9. The van der Waals surface area contributed by atoms with Crippen LogP contribution in [0.1, 0.15) is 51.6 Å². The van der Waals surface area contributed by atoms with E-state index in [1.807, 2.05) is 24.3 Å². The lowest BCUT2D eigenvalue weighted by Gasteiger charge is -2.26. The molecule has 3 N–H and O–H groups in total. The molecule has 5 nitrogen and oxygen atoms in total. The van der Waals surface area contributed by atoms with Crippen molar-refractivity contribution in [2.75, 3.05) is 13.7 Å². The van der Waals surface area contributed by atoms with Crippen molar-refractivity contribution in [2.45, 2.75) is 52.1 Å². The van der Waals surface area contributed by atoms with Gasteiger partial charge in [-0.05, 0) is 42.4 Å². The molecule has 0 aliphatic heterocycles. The Hall–Kier alpha value is -1.59. The minimum Gasteiger partial charge on any atom is -0.497 e. The number of aliphatic hydroxyl groups excluding tert-OH is 1. The van der Waals surface area contributed by atoms with Crippen LogP contribution in [-0.4, -0.2) is 35.9 Å². The normalized spacial score (nSPS) is 14.3. The quantitative estimate of drug-likeness (QED) is 0.651. The van der Waals surface area contributed by atoms with E-state index < -0.39 is 12.0 Å². The van der Waals surface area contributed by atoms with E-state index >= 15 is 0 Å². The predicted octanol–water partition coefficient (Wildman–Crippen LogP) is 2.99. The Labute approximate surface area is 138 Å². The maximum absolute atomic E-state index is 11.6. The zero-order valence-electron chi connectivity index (χ0n) is 14.5. The van der Waals surface area contributed by atoms with Gasteiger partial charge in [0.1, 0.15) is 11.8 Å². The number of ether oxygens (including phenoxy) is 1. The molecule has 1 aromatic carbocycles. The van der Waals surface area contributed by atoms with Crippen molar-refractivity contribution in [1.29, 1.82) is 0 Å². The van der Waals surface area contributed by atoms with Crippen molar-refractivity contribution >= 4 is 5.97 Å². The van der Waals surface area contributed by atoms with Crippen LogP contribution in [0.25, 0.3) is 0 Å². The second-order valence-electron chi connectivity index (χ2n) is 7.00. The highest BCUT2D eigenvalue weighted by atomic mass is 16.5. The summed E-state index contributed by atoms with van der Waals surface area (Å²) in [6, 6.07) is 6.63. The molecule has 0 fully saturated rings. The monoisotopic (exact) mass is 323 g/mol. The summed E-state index contributed by atoms with van der Waals surface area (Å²) in [7, 11) is 1.59. The fourth-order valence-corrected chi connectivity index (χ4v) is 2.43. The standard InChI is InChI=1S/C18H29NO4/c1-18(2,3)10-8-16(17(21)22)19-15(9-11-20)13-6-5-7-14(12-13)23-4/h5-7,12,15-16,19-20H,8-11H2,1-4H3,(H,21,22). The van der Waals surface area contributed by atoms with E-state index in [0.717, 1.165) is 12.0 Å². The third kappa shape index (κ3) is 7.01. The topological polar surface area (TPSA) is 78.8 Å². The molecule has 2 atom stereocenters. The van der Waals surface area contributed by atoms with E-state index in [1.165, 1.54) is 0 Å². The molecule has 2 unspecified atom stereocenters. The fraction of sp³-hybridized carbons (Fsp3) is 0.611. The molecule has 5 heteroatoms. The number of benzene rings is 1. The Morgan fingerprint density at radius 3 is 2.52 bits per heavy atom. The van der Waals surface area contributed by atoms with Crippen molar-refractivity contribution in [3.8, 4) is 5.75 Å². The Balaban J connectivity index is 2.87. The number of nitrogens with one attached hydrogen (secondary N) is 1. The molecule has 130 valence electrons. The van der Waals surface area contributed by atoms with Crippen molar-refractivity contribution in [2.24, 2.45) is 5.41 Å². The number of carboxylic acid groups (broad SMARTS) is 1. The lowest BCUT2D eigenvalue weighted by Crippen LogP contribution is -2.40. The average Bonchev–Trinajstić information content (AvgIpc) is 2.49. The summed E-state index contributed by atoms with van der Waals surface area (Å²) < 4.78 is 5.22. The van der Waals surface area contributed by atoms with Gasteiger partial charge in [0, 0.05) is 12.6 Å². The van der Waals surface area contributed by atoms with Gasteiger partial charge in [0.15, 0.2) is 0 Å². The van der Waals surface area contributed by atoms with Gasteiger partial charge < -0.3 is 14.9 Å². The van der Waals surface area contributed by atoms with Crippen molar-refractivity contribution in [3.05, 3.63) is 29.8 Å². The van der Waals surface area contributed by atoms with E-state index in [-0.39, 0.29) is 18.1 Å². The molecule has 0 aliphatic rings. The highest BCUT2D eigenvalue weighted by Crippen LogP contribution is 2.25. The Kier molecular flexibility index (Phi) is 7.52. The molecule has 0 aromatic heterocycles. The van der Waals surface area contributed by atoms with Gasteiger partial charge in [0.2, 0.25) is 0 Å². The highest BCUT2D eigenvalue weighted by Gasteiger charge is 2.24. The summed E-state index contributed by atoms with van der Waals surface area (Å²) in [5.74, 6) is -0.145. The summed E-state index contributed by atoms with van der Waals surface area (Å²) in [5.41, 5.74) is 0.998. The van der Waals surface area contributed by atoms with Crippen LogP contribution in [0.2, 0.25) is 0 Å². The maximum Gasteiger partial charge on any atom is 0.320 e. The largest absolute Gasteiger partial charge is 0.497 e. The van der Waals surface area contributed by atoms with E-state index in [9.17, 15) is 15.0 Å². The van der Waals surface area contributed by atoms with Crippen LogP contribution in [0.15, 0.2) is 24.3 Å². The van der Waals surface area contributed by atoms with Crippen LogP contribution < -0.4 is 10.1 Å². The van der Waals surface area contributed by atoms with Crippen LogP contribution in [0.3, 0.4) is 0 Å². The van der Waals surface area contributed by atoms with Crippen LogP contribution in [-0.2, 0) is 4.79 Å². The Morgan fingerprint density at radius 1 is 1.30 bits per heavy atom. The molecular weight excluding hydrogens is 294 g/mol.